The number of carbonyl (C=O) groups is 1. The van der Waals surface area contributed by atoms with Crippen LogP contribution in [0.2, 0.25) is 0 Å². The van der Waals surface area contributed by atoms with E-state index in [2.05, 4.69) is 5.43 Å². The minimum absolute atomic E-state index is 0.178. The van der Waals surface area contributed by atoms with Crippen LogP contribution >= 0.6 is 0 Å². The number of methoxy groups -OCH3 is 1. The standard InChI is InChI=1S/C11H23N3O2/c1-14(7-9-5-3-4-6-9)10(8-16-2)11(15)13-12/h9-10H,3-8,12H2,1-2H3,(H,13,15). The molecule has 0 spiro atoms. The zero-order valence-corrected chi connectivity index (χ0v) is 10.2. The maximum absolute atomic E-state index is 11.6. The van der Waals surface area contributed by atoms with Crippen LogP contribution in [0.15, 0.2) is 0 Å². The van der Waals surface area contributed by atoms with Crippen molar-refractivity contribution in [3.8, 4) is 0 Å². The lowest BCUT2D eigenvalue weighted by molar-refractivity contribution is -0.128. The molecule has 3 N–H and O–H groups in total. The van der Waals surface area contributed by atoms with E-state index in [9.17, 15) is 4.79 Å². The predicted octanol–water partition coefficient (Wildman–Crippen LogP) is 0.113. The smallest absolute Gasteiger partial charge is 0.253 e. The molecule has 1 rings (SSSR count). The Balaban J connectivity index is 2.45. The first-order chi connectivity index (χ1) is 7.69. The SMILES string of the molecule is COCC(C(=O)NN)N(C)CC1CCCC1. The average molecular weight is 229 g/mol. The van der Waals surface area contributed by atoms with E-state index in [0.29, 0.717) is 6.61 Å². The van der Waals surface area contributed by atoms with Crippen molar-refractivity contribution in [1.29, 1.82) is 0 Å². The molecule has 0 bridgehead atoms. The summed E-state index contributed by atoms with van der Waals surface area (Å²) in [6.45, 7) is 1.33. The lowest BCUT2D eigenvalue weighted by atomic mass is 10.1. The van der Waals surface area contributed by atoms with Crippen molar-refractivity contribution >= 4 is 5.91 Å². The van der Waals surface area contributed by atoms with Crippen LogP contribution in [-0.2, 0) is 9.53 Å². The van der Waals surface area contributed by atoms with Gasteiger partial charge in [0, 0.05) is 13.7 Å². The molecule has 1 saturated carbocycles. The molecule has 0 aromatic rings. The molecule has 0 aliphatic heterocycles. The number of nitrogens with zero attached hydrogens (tertiary/aromatic N) is 1. The highest BCUT2D eigenvalue weighted by Gasteiger charge is 2.25. The number of ether oxygens (including phenoxy) is 1. The third-order valence-corrected chi connectivity index (χ3v) is 3.32. The second kappa shape index (κ2) is 6.83. The van der Waals surface area contributed by atoms with Crippen LogP contribution in [0.3, 0.4) is 0 Å². The van der Waals surface area contributed by atoms with Gasteiger partial charge in [-0.2, -0.15) is 0 Å². The molecule has 1 unspecified atom stereocenters. The van der Waals surface area contributed by atoms with Gasteiger partial charge in [0.2, 0.25) is 0 Å². The van der Waals surface area contributed by atoms with Crippen molar-refractivity contribution in [1.82, 2.24) is 10.3 Å². The maximum atomic E-state index is 11.6. The van der Waals surface area contributed by atoms with Crippen LogP contribution in [0, 0.1) is 5.92 Å². The molecule has 1 aliphatic carbocycles. The summed E-state index contributed by atoms with van der Waals surface area (Å²) in [7, 11) is 3.55. The topological polar surface area (TPSA) is 67.6 Å². The van der Waals surface area contributed by atoms with E-state index >= 15 is 0 Å². The summed E-state index contributed by atoms with van der Waals surface area (Å²) in [4.78, 5) is 13.6. The summed E-state index contributed by atoms with van der Waals surface area (Å²) in [6.07, 6.45) is 5.18. The van der Waals surface area contributed by atoms with Crippen molar-refractivity contribution in [2.45, 2.75) is 31.7 Å². The van der Waals surface area contributed by atoms with Gasteiger partial charge in [-0.1, -0.05) is 12.8 Å². The number of hydrazine groups is 1. The Bertz CT molecular complexity index is 217. The molecule has 1 atom stereocenters. The molecule has 1 amide bonds. The lowest BCUT2D eigenvalue weighted by Crippen LogP contribution is -2.50. The molecule has 5 heteroatoms. The molecule has 5 nitrogen and oxygen atoms in total. The van der Waals surface area contributed by atoms with E-state index in [4.69, 9.17) is 10.6 Å². The van der Waals surface area contributed by atoms with Crippen LogP contribution in [0.5, 0.6) is 0 Å². The van der Waals surface area contributed by atoms with Crippen molar-refractivity contribution in [2.24, 2.45) is 11.8 Å². The van der Waals surface area contributed by atoms with Crippen molar-refractivity contribution in [3.05, 3.63) is 0 Å². The molecule has 0 saturated heterocycles. The van der Waals surface area contributed by atoms with E-state index in [1.54, 1.807) is 7.11 Å². The number of nitrogens with one attached hydrogen (secondary N) is 1. The molecule has 0 aromatic carbocycles. The highest BCUT2D eigenvalue weighted by molar-refractivity contribution is 5.81. The second-order valence-electron chi connectivity index (χ2n) is 4.57. The van der Waals surface area contributed by atoms with Gasteiger partial charge in [0.05, 0.1) is 6.61 Å². The first kappa shape index (κ1) is 13.4. The third kappa shape index (κ3) is 3.73. The summed E-state index contributed by atoms with van der Waals surface area (Å²) < 4.78 is 5.05. The van der Waals surface area contributed by atoms with E-state index in [0.717, 1.165) is 12.5 Å². The fraction of sp³-hybridized carbons (Fsp3) is 0.909. The number of hydrogen-bond donors (Lipinski definition) is 2. The van der Waals surface area contributed by atoms with Gasteiger partial charge in [0.1, 0.15) is 6.04 Å². The number of amides is 1. The molecule has 1 aliphatic rings. The summed E-state index contributed by atoms with van der Waals surface area (Å²) in [5.74, 6) is 5.71. The Kier molecular flexibility index (Phi) is 5.73. The van der Waals surface area contributed by atoms with E-state index in [1.807, 2.05) is 11.9 Å². The molecular formula is C11H23N3O2. The first-order valence-electron chi connectivity index (χ1n) is 5.88. The van der Waals surface area contributed by atoms with Crippen molar-refractivity contribution in [2.75, 3.05) is 27.3 Å². The van der Waals surface area contributed by atoms with Crippen LogP contribution in [0.4, 0.5) is 0 Å². The fourth-order valence-corrected chi connectivity index (χ4v) is 2.38. The van der Waals surface area contributed by atoms with Crippen LogP contribution in [0.25, 0.3) is 0 Å². The Hall–Kier alpha value is -0.650. The quantitative estimate of drug-likeness (QED) is 0.385. The monoisotopic (exact) mass is 229 g/mol. The number of rotatable bonds is 6. The summed E-state index contributed by atoms with van der Waals surface area (Å²) in [6, 6.07) is -0.282. The number of hydrogen-bond acceptors (Lipinski definition) is 4. The lowest BCUT2D eigenvalue weighted by Gasteiger charge is -2.28. The normalized spacial score (nSPS) is 19.0. The molecule has 94 valence electrons. The summed E-state index contributed by atoms with van der Waals surface area (Å²) in [5.41, 5.74) is 2.20. The Morgan fingerprint density at radius 1 is 1.56 bits per heavy atom. The first-order valence-corrected chi connectivity index (χ1v) is 5.88. The van der Waals surface area contributed by atoms with E-state index in [1.165, 1.54) is 25.7 Å². The maximum Gasteiger partial charge on any atom is 0.253 e. The van der Waals surface area contributed by atoms with Gasteiger partial charge in [0.15, 0.2) is 0 Å². The highest BCUT2D eigenvalue weighted by atomic mass is 16.5. The van der Waals surface area contributed by atoms with Gasteiger partial charge in [-0.3, -0.25) is 15.1 Å². The van der Waals surface area contributed by atoms with Gasteiger partial charge in [-0.15, -0.1) is 0 Å². The molecule has 0 aromatic heterocycles. The molecular weight excluding hydrogens is 206 g/mol. The van der Waals surface area contributed by atoms with E-state index < -0.39 is 0 Å². The summed E-state index contributed by atoms with van der Waals surface area (Å²) in [5, 5.41) is 0. The third-order valence-electron chi connectivity index (χ3n) is 3.32. The second-order valence-corrected chi connectivity index (χ2v) is 4.57. The highest BCUT2D eigenvalue weighted by Crippen LogP contribution is 2.25. The van der Waals surface area contributed by atoms with Gasteiger partial charge >= 0.3 is 0 Å². The van der Waals surface area contributed by atoms with E-state index in [-0.39, 0.29) is 11.9 Å². The molecule has 0 radical (unpaired) electrons. The Morgan fingerprint density at radius 2 is 2.19 bits per heavy atom. The van der Waals surface area contributed by atoms with Crippen LogP contribution in [-0.4, -0.2) is 44.2 Å². The zero-order valence-electron chi connectivity index (χ0n) is 10.2. The Labute approximate surface area is 97.3 Å². The van der Waals surface area contributed by atoms with Crippen molar-refractivity contribution < 1.29 is 9.53 Å². The Morgan fingerprint density at radius 3 is 2.69 bits per heavy atom. The van der Waals surface area contributed by atoms with Gasteiger partial charge in [0.25, 0.3) is 5.91 Å². The molecule has 0 heterocycles. The number of carbonyl (C=O) groups excluding carboxylic acids is 1. The zero-order chi connectivity index (χ0) is 12.0. The van der Waals surface area contributed by atoms with Crippen LogP contribution < -0.4 is 11.3 Å². The molecule has 16 heavy (non-hydrogen) atoms. The summed E-state index contributed by atoms with van der Waals surface area (Å²) >= 11 is 0. The van der Waals surface area contributed by atoms with Gasteiger partial charge in [-0.05, 0) is 25.8 Å². The number of likely N-dealkylation sites (N-methyl/N-ethyl adjacent to an activating group) is 1. The average Bonchev–Trinajstić information content (AvgIpc) is 2.77. The minimum Gasteiger partial charge on any atom is -0.383 e. The van der Waals surface area contributed by atoms with Gasteiger partial charge in [-0.25, -0.2) is 5.84 Å². The fourth-order valence-electron chi connectivity index (χ4n) is 2.38. The number of nitrogens with two attached hydrogens (primary N) is 1. The van der Waals surface area contributed by atoms with Gasteiger partial charge < -0.3 is 4.74 Å². The molecule has 1 fully saturated rings. The van der Waals surface area contributed by atoms with Crippen LogP contribution in [0.1, 0.15) is 25.7 Å². The predicted molar refractivity (Wildman–Crippen MR) is 62.6 cm³/mol. The largest absolute Gasteiger partial charge is 0.383 e. The minimum atomic E-state index is -0.282. The van der Waals surface area contributed by atoms with Crippen molar-refractivity contribution in [3.63, 3.8) is 0 Å².